The minimum atomic E-state index is -0.738. The molecule has 2 heterocycles. The molecule has 1 aliphatic heterocycles. The lowest BCUT2D eigenvalue weighted by atomic mass is 9.96. The van der Waals surface area contributed by atoms with Gasteiger partial charge in [-0.15, -0.1) is 0 Å². The van der Waals surface area contributed by atoms with Crippen molar-refractivity contribution in [1.29, 1.82) is 0 Å². The Labute approximate surface area is 262 Å². The minimum Gasteiger partial charge on any atom is -0.497 e. The lowest BCUT2D eigenvalue weighted by Gasteiger charge is -2.24. The van der Waals surface area contributed by atoms with Crippen molar-refractivity contribution in [2.24, 2.45) is 4.99 Å². The van der Waals surface area contributed by atoms with Crippen LogP contribution in [0, 0.1) is 5.82 Å². The number of hydrogen-bond donors (Lipinski definition) is 0. The number of allylic oxidation sites excluding steroid dienone is 1. The predicted molar refractivity (Wildman–Crippen MR) is 167 cm³/mol. The van der Waals surface area contributed by atoms with E-state index in [1.165, 1.54) is 28.0 Å². The number of rotatable bonds is 10. The Bertz CT molecular complexity index is 1900. The highest BCUT2D eigenvalue weighted by Crippen LogP contribution is 2.33. The molecular weight excluding hydrogens is 607 g/mol. The molecule has 11 heteroatoms. The molecule has 1 aliphatic rings. The number of thiazole rings is 1. The zero-order valence-electron chi connectivity index (χ0n) is 24.6. The summed E-state index contributed by atoms with van der Waals surface area (Å²) in [4.78, 5) is 32.1. The molecule has 0 spiro atoms. The first-order valence-corrected chi connectivity index (χ1v) is 15.1. The van der Waals surface area contributed by atoms with Gasteiger partial charge in [-0.1, -0.05) is 47.2 Å². The summed E-state index contributed by atoms with van der Waals surface area (Å²) >= 11 is 7.37. The Hall–Kier alpha value is -4.41. The van der Waals surface area contributed by atoms with Gasteiger partial charge in [-0.2, -0.15) is 0 Å². The number of carbonyl (C=O) groups excluding carboxylic acids is 1. The molecule has 8 nitrogen and oxygen atoms in total. The summed E-state index contributed by atoms with van der Waals surface area (Å²) in [6.07, 6.45) is 1.73. The summed E-state index contributed by atoms with van der Waals surface area (Å²) in [6.45, 7) is 5.77. The summed E-state index contributed by atoms with van der Waals surface area (Å²) in [7, 11) is 1.57. The van der Waals surface area contributed by atoms with Gasteiger partial charge in [-0.3, -0.25) is 9.36 Å². The van der Waals surface area contributed by atoms with Gasteiger partial charge in [0, 0.05) is 5.56 Å². The normalized spacial score (nSPS) is 14.6. The van der Waals surface area contributed by atoms with E-state index >= 15 is 0 Å². The van der Waals surface area contributed by atoms with E-state index in [1.807, 2.05) is 19.1 Å². The van der Waals surface area contributed by atoms with Crippen LogP contribution in [0.3, 0.4) is 0 Å². The van der Waals surface area contributed by atoms with Gasteiger partial charge in [0.2, 0.25) is 0 Å². The second-order valence-corrected chi connectivity index (χ2v) is 11.1. The number of ether oxygens (including phenoxy) is 4. The molecule has 0 amide bonds. The van der Waals surface area contributed by atoms with Crippen molar-refractivity contribution >= 4 is 35.0 Å². The molecule has 0 aliphatic carbocycles. The van der Waals surface area contributed by atoms with Crippen LogP contribution < -0.4 is 29.1 Å². The minimum absolute atomic E-state index is 0.0863. The fourth-order valence-electron chi connectivity index (χ4n) is 4.87. The monoisotopic (exact) mass is 636 g/mol. The number of hydrogen-bond acceptors (Lipinski definition) is 8. The largest absolute Gasteiger partial charge is 0.497 e. The zero-order valence-corrected chi connectivity index (χ0v) is 26.1. The smallest absolute Gasteiger partial charge is 0.338 e. The molecular formula is C33H30ClFN2O6S. The first-order chi connectivity index (χ1) is 21.2. The zero-order chi connectivity index (χ0) is 31.4. The van der Waals surface area contributed by atoms with E-state index in [1.54, 1.807) is 63.4 Å². The van der Waals surface area contributed by atoms with Gasteiger partial charge in [0.1, 0.15) is 18.2 Å². The molecule has 44 heavy (non-hydrogen) atoms. The van der Waals surface area contributed by atoms with E-state index in [-0.39, 0.29) is 29.4 Å². The van der Waals surface area contributed by atoms with Crippen LogP contribution in [0.25, 0.3) is 6.08 Å². The molecule has 1 atom stereocenters. The van der Waals surface area contributed by atoms with E-state index in [0.717, 1.165) is 0 Å². The Morgan fingerprint density at radius 3 is 2.52 bits per heavy atom. The van der Waals surface area contributed by atoms with Gasteiger partial charge in [-0.25, -0.2) is 14.2 Å². The number of fused-ring (bicyclic) bond motifs is 1. The fraction of sp³-hybridized carbons (Fsp3) is 0.242. The van der Waals surface area contributed by atoms with Gasteiger partial charge < -0.3 is 18.9 Å². The second kappa shape index (κ2) is 13.5. The number of methoxy groups -OCH3 is 1. The van der Waals surface area contributed by atoms with Crippen LogP contribution in [0.15, 0.2) is 81.7 Å². The highest BCUT2D eigenvalue weighted by molar-refractivity contribution is 7.07. The van der Waals surface area contributed by atoms with Gasteiger partial charge in [0.05, 0.1) is 47.2 Å². The molecule has 0 radical (unpaired) electrons. The van der Waals surface area contributed by atoms with Crippen LogP contribution in [-0.4, -0.2) is 30.9 Å². The molecule has 0 N–H and O–H groups in total. The summed E-state index contributed by atoms with van der Waals surface area (Å²) in [5.41, 5.74) is 2.10. The van der Waals surface area contributed by atoms with Crippen molar-refractivity contribution in [3.05, 3.63) is 119 Å². The maximum absolute atomic E-state index is 14.3. The molecule has 228 valence electrons. The summed E-state index contributed by atoms with van der Waals surface area (Å²) < 4.78 is 38.6. The number of carbonyl (C=O) groups is 1. The number of aromatic nitrogens is 1. The third-order valence-electron chi connectivity index (χ3n) is 6.95. The van der Waals surface area contributed by atoms with E-state index in [4.69, 9.17) is 30.5 Å². The van der Waals surface area contributed by atoms with Crippen LogP contribution in [0.4, 0.5) is 4.39 Å². The first-order valence-electron chi connectivity index (χ1n) is 13.9. The van der Waals surface area contributed by atoms with Crippen LogP contribution in [0.5, 0.6) is 17.2 Å². The lowest BCUT2D eigenvalue weighted by Crippen LogP contribution is -2.39. The molecule has 5 rings (SSSR count). The van der Waals surface area contributed by atoms with E-state index in [2.05, 4.69) is 4.99 Å². The lowest BCUT2D eigenvalue weighted by molar-refractivity contribution is -0.139. The molecule has 0 bridgehead atoms. The number of nitrogens with zero attached hydrogens (tertiary/aromatic N) is 2. The van der Waals surface area contributed by atoms with E-state index in [0.29, 0.717) is 55.6 Å². The SMILES string of the molecule is CCOC(=O)C1=C(C)N=c2s/c(=C/c3ccc(OCc4c(F)cccc4Cl)c(OCC)c3)c(=O)n2[C@@H]1c1ccc(OC)cc1. The quantitative estimate of drug-likeness (QED) is 0.211. The van der Waals surface area contributed by atoms with Gasteiger partial charge >= 0.3 is 5.97 Å². The van der Waals surface area contributed by atoms with Crippen LogP contribution >= 0.6 is 22.9 Å². The Balaban J connectivity index is 1.55. The summed E-state index contributed by atoms with van der Waals surface area (Å²) in [6, 6.07) is 16.1. The molecule has 0 saturated heterocycles. The molecule has 3 aromatic carbocycles. The molecule has 1 aromatic heterocycles. The number of benzene rings is 3. The fourth-order valence-corrected chi connectivity index (χ4v) is 6.13. The van der Waals surface area contributed by atoms with E-state index < -0.39 is 17.8 Å². The molecule has 0 saturated carbocycles. The average molecular weight is 637 g/mol. The topological polar surface area (TPSA) is 88.4 Å². The van der Waals surface area contributed by atoms with Gasteiger partial charge in [0.15, 0.2) is 16.3 Å². The molecule has 4 aromatic rings. The van der Waals surface area contributed by atoms with Crippen LogP contribution in [0.1, 0.15) is 43.5 Å². The average Bonchev–Trinajstić information content (AvgIpc) is 3.31. The van der Waals surface area contributed by atoms with Gasteiger partial charge in [0.25, 0.3) is 5.56 Å². The predicted octanol–water partition coefficient (Wildman–Crippen LogP) is 5.58. The van der Waals surface area contributed by atoms with Crippen molar-refractivity contribution in [1.82, 2.24) is 4.57 Å². The Morgan fingerprint density at radius 1 is 1.07 bits per heavy atom. The Morgan fingerprint density at radius 2 is 1.84 bits per heavy atom. The van der Waals surface area contributed by atoms with Gasteiger partial charge in [-0.05, 0) is 74.4 Å². The van der Waals surface area contributed by atoms with Crippen LogP contribution in [-0.2, 0) is 16.1 Å². The maximum Gasteiger partial charge on any atom is 0.338 e. The van der Waals surface area contributed by atoms with E-state index in [9.17, 15) is 14.0 Å². The number of halogens is 2. The van der Waals surface area contributed by atoms with Crippen molar-refractivity contribution in [3.63, 3.8) is 0 Å². The number of esters is 1. The van der Waals surface area contributed by atoms with Crippen molar-refractivity contribution < 1.29 is 28.1 Å². The molecule has 0 unspecified atom stereocenters. The second-order valence-electron chi connectivity index (χ2n) is 9.70. The van der Waals surface area contributed by atoms with Crippen molar-refractivity contribution in [2.45, 2.75) is 33.4 Å². The summed E-state index contributed by atoms with van der Waals surface area (Å²) in [5.74, 6) is 0.486. The maximum atomic E-state index is 14.3. The summed E-state index contributed by atoms with van der Waals surface area (Å²) in [5, 5.41) is 0.268. The van der Waals surface area contributed by atoms with Crippen molar-refractivity contribution in [3.8, 4) is 17.2 Å². The third kappa shape index (κ3) is 6.27. The van der Waals surface area contributed by atoms with Crippen LogP contribution in [0.2, 0.25) is 5.02 Å². The molecule has 0 fully saturated rings. The Kier molecular flexibility index (Phi) is 9.51. The first kappa shape index (κ1) is 31.0. The third-order valence-corrected chi connectivity index (χ3v) is 8.28. The highest BCUT2D eigenvalue weighted by atomic mass is 35.5. The standard InChI is InChI=1S/C33H30ClFN2O6S/c1-5-41-27-16-20(10-15-26(27)43-18-23-24(34)8-7-9-25(23)35)17-28-31(38)37-30(21-11-13-22(40-4)14-12-21)29(32(39)42-6-2)19(3)36-33(37)44-28/h7-17,30H,5-6,18H2,1-4H3/b28-17+/t30-/m1/s1. The highest BCUT2D eigenvalue weighted by Gasteiger charge is 2.33. The van der Waals surface area contributed by atoms with Crippen molar-refractivity contribution in [2.75, 3.05) is 20.3 Å².